The molecule has 1 saturated carbocycles. The molecule has 108 valence electrons. The minimum atomic E-state index is 0.123. The van der Waals surface area contributed by atoms with Crippen molar-refractivity contribution in [3.05, 3.63) is 23.9 Å². The van der Waals surface area contributed by atoms with Crippen molar-refractivity contribution in [1.82, 2.24) is 4.98 Å². The Kier molecular flexibility index (Phi) is 3.34. The van der Waals surface area contributed by atoms with Gasteiger partial charge in [-0.1, -0.05) is 12.8 Å². The summed E-state index contributed by atoms with van der Waals surface area (Å²) in [4.78, 5) is 3.36. The lowest BCUT2D eigenvalue weighted by molar-refractivity contribution is 0.355. The second-order valence-electron chi connectivity index (χ2n) is 5.65. The van der Waals surface area contributed by atoms with Crippen LogP contribution in [0.5, 0.6) is 11.5 Å². The number of methoxy groups -OCH3 is 2. The van der Waals surface area contributed by atoms with Gasteiger partial charge in [0.1, 0.15) is 0 Å². The van der Waals surface area contributed by atoms with Crippen LogP contribution in [0.15, 0.2) is 18.3 Å². The van der Waals surface area contributed by atoms with Crippen LogP contribution in [0.25, 0.3) is 10.9 Å². The molecule has 0 saturated heterocycles. The molecule has 1 aliphatic carbocycles. The zero-order chi connectivity index (χ0) is 14.2. The van der Waals surface area contributed by atoms with E-state index in [-0.39, 0.29) is 5.41 Å². The highest BCUT2D eigenvalue weighted by atomic mass is 16.5. The minimum Gasteiger partial charge on any atom is -0.493 e. The average Bonchev–Trinajstić information content (AvgIpc) is 3.12. The maximum Gasteiger partial charge on any atom is 0.162 e. The molecular formula is C16H22N2O2. The van der Waals surface area contributed by atoms with Crippen LogP contribution in [0.3, 0.4) is 0 Å². The molecule has 1 heterocycles. The highest BCUT2D eigenvalue weighted by molar-refractivity contribution is 5.87. The first-order valence-electron chi connectivity index (χ1n) is 7.18. The summed E-state index contributed by atoms with van der Waals surface area (Å²) in [5.41, 5.74) is 8.64. The van der Waals surface area contributed by atoms with E-state index in [9.17, 15) is 0 Å². The molecule has 1 aromatic heterocycles. The third-order valence-electron chi connectivity index (χ3n) is 4.71. The fourth-order valence-corrected chi connectivity index (χ4v) is 3.52. The molecule has 0 radical (unpaired) electrons. The molecular weight excluding hydrogens is 252 g/mol. The van der Waals surface area contributed by atoms with E-state index in [0.717, 1.165) is 17.0 Å². The molecule has 1 aromatic carbocycles. The Morgan fingerprint density at radius 1 is 1.15 bits per heavy atom. The topological polar surface area (TPSA) is 60.3 Å². The number of H-pyrrole nitrogens is 1. The van der Waals surface area contributed by atoms with Crippen LogP contribution in [0.1, 0.15) is 31.2 Å². The second-order valence-corrected chi connectivity index (χ2v) is 5.65. The summed E-state index contributed by atoms with van der Waals surface area (Å²) in [7, 11) is 3.33. The number of nitrogens with one attached hydrogen (secondary N) is 1. The van der Waals surface area contributed by atoms with Gasteiger partial charge in [-0.05, 0) is 24.5 Å². The molecule has 0 aliphatic heterocycles. The number of aromatic nitrogens is 1. The van der Waals surface area contributed by atoms with Gasteiger partial charge < -0.3 is 20.2 Å². The molecule has 0 unspecified atom stereocenters. The number of ether oxygens (including phenoxy) is 2. The summed E-state index contributed by atoms with van der Waals surface area (Å²) in [5, 5.41) is 1.20. The normalized spacial score (nSPS) is 17.6. The Morgan fingerprint density at radius 3 is 2.40 bits per heavy atom. The van der Waals surface area contributed by atoms with Gasteiger partial charge in [-0.3, -0.25) is 0 Å². The zero-order valence-electron chi connectivity index (χ0n) is 12.2. The molecule has 4 nitrogen and oxygen atoms in total. The third-order valence-corrected chi connectivity index (χ3v) is 4.71. The van der Waals surface area contributed by atoms with Crippen LogP contribution in [0, 0.1) is 0 Å². The molecule has 0 spiro atoms. The van der Waals surface area contributed by atoms with Gasteiger partial charge in [0.2, 0.25) is 0 Å². The van der Waals surface area contributed by atoms with E-state index in [1.165, 1.54) is 36.6 Å². The number of nitrogens with two attached hydrogens (primary N) is 1. The Balaban J connectivity index is 2.17. The van der Waals surface area contributed by atoms with Gasteiger partial charge in [-0.2, -0.15) is 0 Å². The highest BCUT2D eigenvalue weighted by Crippen LogP contribution is 2.44. The first kappa shape index (κ1) is 13.3. The Hall–Kier alpha value is -1.68. The van der Waals surface area contributed by atoms with E-state index < -0.39 is 0 Å². The van der Waals surface area contributed by atoms with Crippen molar-refractivity contribution >= 4 is 10.9 Å². The van der Waals surface area contributed by atoms with Crippen LogP contribution < -0.4 is 15.2 Å². The van der Waals surface area contributed by atoms with Crippen molar-refractivity contribution in [2.24, 2.45) is 5.73 Å². The molecule has 2 aromatic rings. The summed E-state index contributed by atoms with van der Waals surface area (Å²) >= 11 is 0. The monoisotopic (exact) mass is 274 g/mol. The summed E-state index contributed by atoms with van der Waals surface area (Å²) in [5.74, 6) is 1.52. The van der Waals surface area contributed by atoms with Crippen molar-refractivity contribution in [1.29, 1.82) is 0 Å². The standard InChI is InChI=1S/C16H22N2O2/c1-19-14-7-11-12(16(10-17)5-3-4-6-16)9-18-13(11)8-15(14)20-2/h7-9,18H,3-6,10,17H2,1-2H3. The van der Waals surface area contributed by atoms with Crippen molar-refractivity contribution < 1.29 is 9.47 Å². The van der Waals surface area contributed by atoms with Gasteiger partial charge >= 0.3 is 0 Å². The first-order valence-corrected chi connectivity index (χ1v) is 7.18. The van der Waals surface area contributed by atoms with Crippen LogP contribution in [-0.4, -0.2) is 25.7 Å². The number of hydrogen-bond donors (Lipinski definition) is 2. The maximum atomic E-state index is 6.11. The van der Waals surface area contributed by atoms with Crippen molar-refractivity contribution in [3.63, 3.8) is 0 Å². The largest absolute Gasteiger partial charge is 0.493 e. The van der Waals surface area contributed by atoms with Gasteiger partial charge in [0.15, 0.2) is 11.5 Å². The lowest BCUT2D eigenvalue weighted by Crippen LogP contribution is -2.31. The Labute approximate surface area is 119 Å². The fourth-order valence-electron chi connectivity index (χ4n) is 3.52. The molecule has 1 aliphatic rings. The predicted octanol–water partition coefficient (Wildman–Crippen LogP) is 2.96. The zero-order valence-corrected chi connectivity index (χ0v) is 12.2. The van der Waals surface area contributed by atoms with Crippen molar-refractivity contribution in [2.75, 3.05) is 20.8 Å². The molecule has 1 fully saturated rings. The quantitative estimate of drug-likeness (QED) is 0.901. The molecule has 0 amide bonds. The van der Waals surface area contributed by atoms with Gasteiger partial charge in [0.25, 0.3) is 0 Å². The number of hydrogen-bond acceptors (Lipinski definition) is 3. The van der Waals surface area contributed by atoms with Crippen LogP contribution in [0.2, 0.25) is 0 Å². The number of rotatable bonds is 4. The number of fused-ring (bicyclic) bond motifs is 1. The Morgan fingerprint density at radius 2 is 1.80 bits per heavy atom. The van der Waals surface area contributed by atoms with Gasteiger partial charge in [-0.25, -0.2) is 0 Å². The predicted molar refractivity (Wildman–Crippen MR) is 80.6 cm³/mol. The average molecular weight is 274 g/mol. The van der Waals surface area contributed by atoms with Gasteiger partial charge in [0, 0.05) is 35.1 Å². The SMILES string of the molecule is COc1cc2[nH]cc(C3(CN)CCCC3)c2cc1OC. The van der Waals surface area contributed by atoms with Crippen LogP contribution >= 0.6 is 0 Å². The summed E-state index contributed by atoms with van der Waals surface area (Å²) in [6.07, 6.45) is 6.98. The van der Waals surface area contributed by atoms with E-state index in [2.05, 4.69) is 17.2 Å². The van der Waals surface area contributed by atoms with Crippen molar-refractivity contribution in [3.8, 4) is 11.5 Å². The van der Waals surface area contributed by atoms with E-state index in [4.69, 9.17) is 15.2 Å². The maximum absolute atomic E-state index is 6.11. The Bertz CT molecular complexity index is 612. The van der Waals surface area contributed by atoms with Crippen molar-refractivity contribution in [2.45, 2.75) is 31.1 Å². The van der Waals surface area contributed by atoms with Gasteiger partial charge in [-0.15, -0.1) is 0 Å². The number of benzene rings is 1. The lowest BCUT2D eigenvalue weighted by atomic mass is 9.79. The second kappa shape index (κ2) is 5.02. The highest BCUT2D eigenvalue weighted by Gasteiger charge is 2.36. The number of aromatic amines is 1. The van der Waals surface area contributed by atoms with E-state index >= 15 is 0 Å². The minimum absolute atomic E-state index is 0.123. The summed E-state index contributed by atoms with van der Waals surface area (Å²) < 4.78 is 10.8. The molecule has 0 bridgehead atoms. The lowest BCUT2D eigenvalue weighted by Gasteiger charge is -2.27. The van der Waals surface area contributed by atoms with E-state index in [1.54, 1.807) is 14.2 Å². The molecule has 20 heavy (non-hydrogen) atoms. The van der Waals surface area contributed by atoms with E-state index in [1.807, 2.05) is 6.07 Å². The smallest absolute Gasteiger partial charge is 0.162 e. The third kappa shape index (κ3) is 1.86. The fraction of sp³-hybridized carbons (Fsp3) is 0.500. The van der Waals surface area contributed by atoms with Gasteiger partial charge in [0.05, 0.1) is 14.2 Å². The first-order chi connectivity index (χ1) is 9.74. The summed E-state index contributed by atoms with van der Waals surface area (Å²) in [6.45, 7) is 0.703. The molecule has 3 rings (SSSR count). The van der Waals surface area contributed by atoms with Crippen LogP contribution in [0.4, 0.5) is 0 Å². The molecule has 4 heteroatoms. The molecule has 0 atom stereocenters. The van der Waals surface area contributed by atoms with E-state index in [0.29, 0.717) is 6.54 Å². The molecule has 3 N–H and O–H groups in total. The summed E-state index contributed by atoms with van der Waals surface area (Å²) in [6, 6.07) is 4.06. The van der Waals surface area contributed by atoms with Crippen LogP contribution in [-0.2, 0) is 5.41 Å².